The van der Waals surface area contributed by atoms with Crippen molar-refractivity contribution >= 4 is 17.4 Å². The van der Waals surface area contributed by atoms with Gasteiger partial charge in [0.1, 0.15) is 5.82 Å². The van der Waals surface area contributed by atoms with Gasteiger partial charge in [-0.15, -0.1) is 0 Å². The molecule has 1 rings (SSSR count). The smallest absolute Gasteiger partial charge is 0.225 e. The maximum absolute atomic E-state index is 11.0. The van der Waals surface area contributed by atoms with Crippen molar-refractivity contribution in [2.45, 2.75) is 20.3 Å². The van der Waals surface area contributed by atoms with Crippen LogP contribution in [0.3, 0.4) is 0 Å². The van der Waals surface area contributed by atoms with Gasteiger partial charge in [0.15, 0.2) is 0 Å². The maximum Gasteiger partial charge on any atom is 0.225 e. The van der Waals surface area contributed by atoms with Crippen LogP contribution < -0.4 is 11.1 Å². The van der Waals surface area contributed by atoms with Crippen molar-refractivity contribution in [2.75, 3.05) is 11.1 Å². The molecule has 1 aromatic heterocycles. The Kier molecular flexibility index (Phi) is 2.84. The first-order chi connectivity index (χ1) is 6.13. The summed E-state index contributed by atoms with van der Waals surface area (Å²) in [5.74, 6) is 0.509. The lowest BCUT2D eigenvalue weighted by Gasteiger charge is -2.04. The lowest BCUT2D eigenvalue weighted by molar-refractivity contribution is -0.115. The number of rotatable bonds is 2. The molecule has 0 spiro atoms. The number of aromatic nitrogens is 1. The molecule has 4 heteroatoms. The van der Waals surface area contributed by atoms with Gasteiger partial charge in [-0.1, -0.05) is 6.92 Å². The number of nitrogen functional groups attached to an aromatic ring is 1. The number of anilines is 2. The van der Waals surface area contributed by atoms with Crippen molar-refractivity contribution in [3.63, 3.8) is 0 Å². The Bertz CT molecular complexity index is 323. The third-order valence-electron chi connectivity index (χ3n) is 1.74. The topological polar surface area (TPSA) is 68.0 Å². The summed E-state index contributed by atoms with van der Waals surface area (Å²) in [5.41, 5.74) is 7.13. The van der Waals surface area contributed by atoms with E-state index in [0.717, 1.165) is 5.56 Å². The van der Waals surface area contributed by atoms with Crippen LogP contribution in [0.1, 0.15) is 18.9 Å². The van der Waals surface area contributed by atoms with Crippen LogP contribution >= 0.6 is 0 Å². The average Bonchev–Trinajstić information content (AvgIpc) is 2.11. The minimum atomic E-state index is -0.0447. The molecular formula is C9H13N3O. The van der Waals surface area contributed by atoms with E-state index in [0.29, 0.717) is 17.9 Å². The first-order valence-corrected chi connectivity index (χ1v) is 4.15. The van der Waals surface area contributed by atoms with Crippen molar-refractivity contribution in [1.29, 1.82) is 0 Å². The molecule has 0 saturated carbocycles. The second kappa shape index (κ2) is 3.89. The van der Waals surface area contributed by atoms with Crippen molar-refractivity contribution in [1.82, 2.24) is 4.98 Å². The fraction of sp³-hybridized carbons (Fsp3) is 0.333. The summed E-state index contributed by atoms with van der Waals surface area (Å²) < 4.78 is 0. The largest absolute Gasteiger partial charge is 0.397 e. The predicted molar refractivity (Wildman–Crippen MR) is 52.3 cm³/mol. The highest BCUT2D eigenvalue weighted by Gasteiger charge is 2.01. The summed E-state index contributed by atoms with van der Waals surface area (Å²) in [6.45, 7) is 3.66. The molecular weight excluding hydrogens is 166 g/mol. The van der Waals surface area contributed by atoms with Gasteiger partial charge in [-0.3, -0.25) is 4.79 Å². The Hall–Kier alpha value is -1.58. The van der Waals surface area contributed by atoms with Crippen molar-refractivity contribution < 1.29 is 4.79 Å². The predicted octanol–water partition coefficient (Wildman–Crippen LogP) is 1.32. The van der Waals surface area contributed by atoms with Crippen LogP contribution in [-0.4, -0.2) is 10.9 Å². The average molecular weight is 179 g/mol. The van der Waals surface area contributed by atoms with E-state index in [4.69, 9.17) is 5.73 Å². The van der Waals surface area contributed by atoms with E-state index >= 15 is 0 Å². The molecule has 0 unspecified atom stereocenters. The van der Waals surface area contributed by atoms with Gasteiger partial charge in [0.2, 0.25) is 5.91 Å². The number of nitrogens with one attached hydrogen (secondary N) is 1. The summed E-state index contributed by atoms with van der Waals surface area (Å²) in [4.78, 5) is 15.0. The van der Waals surface area contributed by atoms with Crippen molar-refractivity contribution in [2.24, 2.45) is 0 Å². The van der Waals surface area contributed by atoms with Crippen molar-refractivity contribution in [3.8, 4) is 0 Å². The van der Waals surface area contributed by atoms with E-state index in [1.165, 1.54) is 0 Å². The lowest BCUT2D eigenvalue weighted by atomic mass is 10.2. The SMILES string of the molecule is CCC(=O)Nc1cc(C)c(N)cn1. The molecule has 1 heterocycles. The van der Waals surface area contributed by atoms with Crippen molar-refractivity contribution in [3.05, 3.63) is 17.8 Å². The molecule has 0 radical (unpaired) electrons. The fourth-order valence-corrected chi connectivity index (χ4v) is 0.866. The minimum Gasteiger partial charge on any atom is -0.397 e. The quantitative estimate of drug-likeness (QED) is 0.719. The van der Waals surface area contributed by atoms with Crippen LogP contribution in [0.25, 0.3) is 0 Å². The van der Waals surface area contributed by atoms with Gasteiger partial charge in [-0.2, -0.15) is 0 Å². The number of aryl methyl sites for hydroxylation is 1. The number of nitrogens with zero attached hydrogens (tertiary/aromatic N) is 1. The number of pyridine rings is 1. The number of hydrogen-bond acceptors (Lipinski definition) is 3. The Balaban J connectivity index is 2.79. The molecule has 13 heavy (non-hydrogen) atoms. The molecule has 0 aliphatic rings. The molecule has 0 aliphatic heterocycles. The van der Waals surface area contributed by atoms with E-state index in [2.05, 4.69) is 10.3 Å². The minimum absolute atomic E-state index is 0.0447. The summed E-state index contributed by atoms with van der Waals surface area (Å²) in [5, 5.41) is 2.65. The standard InChI is InChI=1S/C9H13N3O/c1-3-9(13)12-8-4-6(2)7(10)5-11-8/h4-5H,3,10H2,1-2H3,(H,11,12,13). The van der Waals surface area contributed by atoms with E-state index in [-0.39, 0.29) is 5.91 Å². The number of carbonyl (C=O) groups excluding carboxylic acids is 1. The number of nitrogens with two attached hydrogens (primary N) is 1. The number of carbonyl (C=O) groups is 1. The van der Waals surface area contributed by atoms with Crippen LogP contribution in [0.4, 0.5) is 11.5 Å². The Morgan fingerprint density at radius 3 is 2.92 bits per heavy atom. The summed E-state index contributed by atoms with van der Waals surface area (Å²) in [7, 11) is 0. The molecule has 70 valence electrons. The van der Waals surface area contributed by atoms with Crippen LogP contribution in [0.2, 0.25) is 0 Å². The van der Waals surface area contributed by atoms with E-state index in [9.17, 15) is 4.79 Å². The Morgan fingerprint density at radius 2 is 2.38 bits per heavy atom. The van der Waals surface area contributed by atoms with Gasteiger partial charge in [-0.05, 0) is 18.6 Å². The normalized spacial score (nSPS) is 9.69. The highest BCUT2D eigenvalue weighted by atomic mass is 16.1. The molecule has 0 bridgehead atoms. The van der Waals surface area contributed by atoms with E-state index < -0.39 is 0 Å². The zero-order valence-corrected chi connectivity index (χ0v) is 7.79. The van der Waals surface area contributed by atoms with Crippen LogP contribution in [0, 0.1) is 6.92 Å². The van der Waals surface area contributed by atoms with Crippen LogP contribution in [0.5, 0.6) is 0 Å². The van der Waals surface area contributed by atoms with Crippen LogP contribution in [0.15, 0.2) is 12.3 Å². The fourth-order valence-electron chi connectivity index (χ4n) is 0.866. The molecule has 4 nitrogen and oxygen atoms in total. The zero-order chi connectivity index (χ0) is 9.84. The van der Waals surface area contributed by atoms with Gasteiger partial charge in [-0.25, -0.2) is 4.98 Å². The van der Waals surface area contributed by atoms with E-state index in [1.807, 2.05) is 6.92 Å². The van der Waals surface area contributed by atoms with Gasteiger partial charge in [0.25, 0.3) is 0 Å². The lowest BCUT2D eigenvalue weighted by Crippen LogP contribution is -2.11. The Labute approximate surface area is 77.2 Å². The van der Waals surface area contributed by atoms with Gasteiger partial charge >= 0.3 is 0 Å². The molecule has 0 saturated heterocycles. The third-order valence-corrected chi connectivity index (χ3v) is 1.74. The first kappa shape index (κ1) is 9.51. The van der Waals surface area contributed by atoms with E-state index in [1.54, 1.807) is 19.2 Å². The summed E-state index contributed by atoms with van der Waals surface area (Å²) in [6.07, 6.45) is 1.99. The maximum atomic E-state index is 11.0. The number of amides is 1. The monoisotopic (exact) mass is 179 g/mol. The molecule has 3 N–H and O–H groups in total. The van der Waals surface area contributed by atoms with Gasteiger partial charge in [0, 0.05) is 6.42 Å². The molecule has 0 atom stereocenters. The third kappa shape index (κ3) is 2.43. The second-order valence-electron chi connectivity index (χ2n) is 2.83. The highest BCUT2D eigenvalue weighted by Crippen LogP contribution is 2.12. The highest BCUT2D eigenvalue weighted by molar-refractivity contribution is 5.89. The summed E-state index contributed by atoms with van der Waals surface area (Å²) >= 11 is 0. The molecule has 0 fully saturated rings. The Morgan fingerprint density at radius 1 is 1.69 bits per heavy atom. The first-order valence-electron chi connectivity index (χ1n) is 4.15. The molecule has 1 aromatic rings. The zero-order valence-electron chi connectivity index (χ0n) is 7.79. The van der Waals surface area contributed by atoms with Crippen LogP contribution in [-0.2, 0) is 4.79 Å². The second-order valence-corrected chi connectivity index (χ2v) is 2.83. The van der Waals surface area contributed by atoms with Gasteiger partial charge in [0.05, 0.1) is 11.9 Å². The molecule has 1 amide bonds. The number of hydrogen-bond donors (Lipinski definition) is 2. The van der Waals surface area contributed by atoms with Gasteiger partial charge < -0.3 is 11.1 Å². The summed E-state index contributed by atoms with van der Waals surface area (Å²) in [6, 6.07) is 1.75. The molecule has 0 aromatic carbocycles. The molecule has 0 aliphatic carbocycles.